The van der Waals surface area contributed by atoms with E-state index in [0.29, 0.717) is 17.3 Å². The first-order chi connectivity index (χ1) is 9.50. The molecule has 4 nitrogen and oxygen atoms in total. The molecule has 1 saturated heterocycles. The molecular formula is C16H21ClN2O2. The lowest BCUT2D eigenvalue weighted by atomic mass is 9.92. The van der Waals surface area contributed by atoms with Crippen LogP contribution in [0.3, 0.4) is 0 Å². The third-order valence-corrected chi connectivity index (χ3v) is 4.63. The lowest BCUT2D eigenvalue weighted by molar-refractivity contribution is -0.112. The molecule has 1 aromatic carbocycles. The number of rotatable bonds is 2. The van der Waals surface area contributed by atoms with Gasteiger partial charge in [-0.15, -0.1) is 12.4 Å². The summed E-state index contributed by atoms with van der Waals surface area (Å²) in [6.45, 7) is 8.33. The summed E-state index contributed by atoms with van der Waals surface area (Å²) in [7, 11) is 0. The van der Waals surface area contributed by atoms with Crippen molar-refractivity contribution in [2.75, 3.05) is 18.4 Å². The van der Waals surface area contributed by atoms with Gasteiger partial charge in [-0.1, -0.05) is 6.07 Å². The molecule has 0 bridgehead atoms. The predicted molar refractivity (Wildman–Crippen MR) is 85.3 cm³/mol. The van der Waals surface area contributed by atoms with Crippen molar-refractivity contribution in [2.24, 2.45) is 0 Å². The summed E-state index contributed by atoms with van der Waals surface area (Å²) in [6, 6.07) is 2.42. The average Bonchev–Trinajstić information content (AvgIpc) is 3.03. The van der Waals surface area contributed by atoms with Gasteiger partial charge in [0, 0.05) is 6.04 Å². The first-order valence-corrected chi connectivity index (χ1v) is 7.24. The normalized spacial score (nSPS) is 19.2. The van der Waals surface area contributed by atoms with Crippen LogP contribution in [0.2, 0.25) is 0 Å². The highest BCUT2D eigenvalue weighted by molar-refractivity contribution is 6.52. The number of carbonyl (C=O) groups is 2. The average molecular weight is 309 g/mol. The number of benzene rings is 1. The summed E-state index contributed by atoms with van der Waals surface area (Å²) in [6.07, 6.45) is 2.48. The molecule has 0 radical (unpaired) electrons. The molecular weight excluding hydrogens is 288 g/mol. The van der Waals surface area contributed by atoms with Crippen LogP contribution in [0.15, 0.2) is 6.07 Å². The van der Waals surface area contributed by atoms with Gasteiger partial charge in [0.15, 0.2) is 0 Å². The lowest BCUT2D eigenvalue weighted by Crippen LogP contribution is -2.24. The maximum absolute atomic E-state index is 12.0. The van der Waals surface area contributed by atoms with Crippen LogP contribution in [0.5, 0.6) is 0 Å². The van der Waals surface area contributed by atoms with Crippen LogP contribution in [0, 0.1) is 13.8 Å². The molecule has 5 heteroatoms. The van der Waals surface area contributed by atoms with Gasteiger partial charge in [0.05, 0.1) is 11.3 Å². The van der Waals surface area contributed by atoms with Gasteiger partial charge in [-0.25, -0.2) is 0 Å². The highest BCUT2D eigenvalue weighted by Gasteiger charge is 2.33. The van der Waals surface area contributed by atoms with Crippen LogP contribution in [0.4, 0.5) is 5.69 Å². The first-order valence-electron chi connectivity index (χ1n) is 7.24. The Bertz CT molecular complexity index is 607. The number of anilines is 1. The van der Waals surface area contributed by atoms with Crippen LogP contribution in [0.25, 0.3) is 0 Å². The Hall–Kier alpha value is -1.39. The standard InChI is InChI=1S/C16H20N2O2.ClH/c1-9-8-12(11(3)18-6-4-5-7-18)10(2)13-14(9)17-16(20)15(13)19;/h8,11H,4-7H2,1-3H3,(H,17,19,20);1H. The van der Waals surface area contributed by atoms with Crippen LogP contribution in [-0.4, -0.2) is 29.7 Å². The monoisotopic (exact) mass is 308 g/mol. The van der Waals surface area contributed by atoms with E-state index in [1.165, 1.54) is 18.4 Å². The van der Waals surface area contributed by atoms with Crippen molar-refractivity contribution in [1.82, 2.24) is 4.90 Å². The highest BCUT2D eigenvalue weighted by atomic mass is 35.5. The molecule has 2 heterocycles. The minimum atomic E-state index is -0.503. The summed E-state index contributed by atoms with van der Waals surface area (Å²) in [4.78, 5) is 26.1. The van der Waals surface area contributed by atoms with Gasteiger partial charge in [-0.05, 0) is 63.4 Å². The number of hydrogen-bond acceptors (Lipinski definition) is 3. The van der Waals surface area contributed by atoms with Gasteiger partial charge in [-0.3, -0.25) is 14.5 Å². The third-order valence-electron chi connectivity index (χ3n) is 4.63. The molecule has 21 heavy (non-hydrogen) atoms. The second kappa shape index (κ2) is 5.78. The van der Waals surface area contributed by atoms with E-state index in [1.54, 1.807) is 0 Å². The molecule has 0 spiro atoms. The summed E-state index contributed by atoms with van der Waals surface area (Å²) in [5.41, 5.74) is 4.39. The predicted octanol–water partition coefficient (Wildman–Crippen LogP) is 3.02. The van der Waals surface area contributed by atoms with Gasteiger partial charge >= 0.3 is 0 Å². The number of ketones is 1. The molecule has 0 saturated carbocycles. The number of nitrogens with zero attached hydrogens (tertiary/aromatic N) is 1. The largest absolute Gasteiger partial charge is 0.318 e. The van der Waals surface area contributed by atoms with Crippen LogP contribution < -0.4 is 5.32 Å². The first kappa shape index (κ1) is 16.0. The number of carbonyl (C=O) groups excluding carboxylic acids is 2. The van der Waals surface area contributed by atoms with Crippen LogP contribution in [-0.2, 0) is 4.79 Å². The Balaban J connectivity index is 0.00000161. The van der Waals surface area contributed by atoms with Gasteiger partial charge in [0.1, 0.15) is 0 Å². The number of Topliss-reactive ketones (excluding diaryl/α,β-unsaturated/α-hetero) is 1. The van der Waals surface area contributed by atoms with Gasteiger partial charge in [-0.2, -0.15) is 0 Å². The van der Waals surface area contributed by atoms with E-state index >= 15 is 0 Å². The van der Waals surface area contributed by atoms with Crippen molar-refractivity contribution in [3.8, 4) is 0 Å². The number of nitrogens with one attached hydrogen (secondary N) is 1. The van der Waals surface area contributed by atoms with E-state index in [1.807, 2.05) is 13.8 Å². The molecule has 1 N–H and O–H groups in total. The summed E-state index contributed by atoms with van der Waals surface area (Å²) >= 11 is 0. The second-order valence-corrected chi connectivity index (χ2v) is 5.86. The van der Waals surface area contributed by atoms with Crippen LogP contribution in [0.1, 0.15) is 52.9 Å². The van der Waals surface area contributed by atoms with Crippen molar-refractivity contribution < 1.29 is 9.59 Å². The van der Waals surface area contributed by atoms with Crippen molar-refractivity contribution in [2.45, 2.75) is 39.7 Å². The maximum Gasteiger partial charge on any atom is 0.296 e. The Morgan fingerprint density at radius 3 is 2.43 bits per heavy atom. The molecule has 0 aromatic heterocycles. The van der Waals surface area contributed by atoms with E-state index in [2.05, 4.69) is 23.2 Å². The van der Waals surface area contributed by atoms with E-state index in [9.17, 15) is 9.59 Å². The number of halogens is 1. The van der Waals surface area contributed by atoms with Gasteiger partial charge < -0.3 is 5.32 Å². The van der Waals surface area contributed by atoms with E-state index in [0.717, 1.165) is 24.2 Å². The fourth-order valence-electron chi connectivity index (χ4n) is 3.43. The summed E-state index contributed by atoms with van der Waals surface area (Å²) in [5.74, 6) is -0.895. The van der Waals surface area contributed by atoms with Crippen molar-refractivity contribution >= 4 is 29.8 Å². The summed E-state index contributed by atoms with van der Waals surface area (Å²) < 4.78 is 0. The Morgan fingerprint density at radius 2 is 1.81 bits per heavy atom. The number of amides is 1. The smallest absolute Gasteiger partial charge is 0.296 e. The Kier molecular flexibility index (Phi) is 4.40. The quantitative estimate of drug-likeness (QED) is 0.854. The second-order valence-electron chi connectivity index (χ2n) is 5.86. The molecule has 114 valence electrons. The van der Waals surface area contributed by atoms with Crippen LogP contribution >= 0.6 is 12.4 Å². The SMILES string of the molecule is Cc1cc(C(C)N2CCCC2)c(C)c2c1NC(=O)C2=O.Cl. The molecule has 1 fully saturated rings. The number of likely N-dealkylation sites (tertiary alicyclic amines) is 1. The molecule has 3 rings (SSSR count). The molecule has 1 amide bonds. The minimum absolute atomic E-state index is 0. The zero-order valence-corrected chi connectivity index (χ0v) is 13.5. The minimum Gasteiger partial charge on any atom is -0.318 e. The fraction of sp³-hybridized carbons (Fsp3) is 0.500. The number of hydrogen-bond donors (Lipinski definition) is 1. The maximum atomic E-state index is 12.0. The van der Waals surface area contributed by atoms with Crippen molar-refractivity contribution in [1.29, 1.82) is 0 Å². The number of aryl methyl sites for hydroxylation is 1. The Morgan fingerprint density at radius 1 is 1.19 bits per heavy atom. The molecule has 0 aliphatic carbocycles. The highest BCUT2D eigenvalue weighted by Crippen LogP contribution is 2.36. The summed E-state index contributed by atoms with van der Waals surface area (Å²) in [5, 5.41) is 2.69. The van der Waals surface area contributed by atoms with Gasteiger partial charge in [0.25, 0.3) is 11.7 Å². The van der Waals surface area contributed by atoms with E-state index in [4.69, 9.17) is 0 Å². The third kappa shape index (κ3) is 2.47. The van der Waals surface area contributed by atoms with E-state index in [-0.39, 0.29) is 12.4 Å². The van der Waals surface area contributed by atoms with Gasteiger partial charge in [0.2, 0.25) is 0 Å². The molecule has 1 unspecified atom stereocenters. The molecule has 1 aromatic rings. The Labute approximate surface area is 131 Å². The lowest BCUT2D eigenvalue weighted by Gasteiger charge is -2.26. The molecule has 2 aliphatic rings. The van der Waals surface area contributed by atoms with E-state index < -0.39 is 11.7 Å². The topological polar surface area (TPSA) is 49.4 Å². The molecule has 2 aliphatic heterocycles. The fourth-order valence-corrected chi connectivity index (χ4v) is 3.43. The number of fused-ring (bicyclic) bond motifs is 1. The van der Waals surface area contributed by atoms with Crippen molar-refractivity contribution in [3.05, 3.63) is 28.3 Å². The zero-order chi connectivity index (χ0) is 14.4. The van der Waals surface area contributed by atoms with Crippen molar-refractivity contribution in [3.63, 3.8) is 0 Å². The zero-order valence-electron chi connectivity index (χ0n) is 12.7. The molecule has 1 atom stereocenters.